The summed E-state index contributed by atoms with van der Waals surface area (Å²) in [5, 5.41) is 0. The van der Waals surface area contributed by atoms with E-state index in [2.05, 4.69) is 9.97 Å². The van der Waals surface area contributed by atoms with E-state index in [4.69, 9.17) is 4.74 Å². The summed E-state index contributed by atoms with van der Waals surface area (Å²) in [7, 11) is 1.35. The van der Waals surface area contributed by atoms with Gasteiger partial charge < -0.3 is 4.74 Å². The molecule has 2 aromatic heterocycles. The van der Waals surface area contributed by atoms with E-state index in [0.29, 0.717) is 11.1 Å². The zero-order chi connectivity index (χ0) is 15.0. The lowest BCUT2D eigenvalue weighted by Crippen LogP contribution is -2.02. The van der Waals surface area contributed by atoms with Crippen molar-refractivity contribution < 1.29 is 9.53 Å². The zero-order valence-electron chi connectivity index (χ0n) is 12.1. The van der Waals surface area contributed by atoms with Crippen molar-refractivity contribution in [3.63, 3.8) is 0 Å². The highest BCUT2D eigenvalue weighted by Gasteiger charge is 2.14. The molecular weight excluding hydrogens is 266 g/mol. The third-order valence-corrected chi connectivity index (χ3v) is 3.38. The summed E-state index contributed by atoms with van der Waals surface area (Å²) >= 11 is 0. The van der Waals surface area contributed by atoms with Gasteiger partial charge in [-0.1, -0.05) is 17.7 Å². The molecule has 0 amide bonds. The first-order valence-electron chi connectivity index (χ1n) is 6.60. The second-order valence-corrected chi connectivity index (χ2v) is 4.89. The summed E-state index contributed by atoms with van der Waals surface area (Å²) in [6.45, 7) is 3.96. The fraction of sp³-hybridized carbons (Fsp3) is 0.188. The van der Waals surface area contributed by atoms with Crippen molar-refractivity contribution >= 4 is 17.1 Å². The van der Waals surface area contributed by atoms with Crippen molar-refractivity contribution in [3.05, 3.63) is 53.5 Å². The number of rotatable bonds is 2. The number of hydrogen-bond acceptors (Lipinski definition) is 4. The van der Waals surface area contributed by atoms with Gasteiger partial charge in [0.2, 0.25) is 0 Å². The van der Waals surface area contributed by atoms with Crippen LogP contribution in [0.25, 0.3) is 16.9 Å². The lowest BCUT2D eigenvalue weighted by atomic mass is 10.2. The first kappa shape index (κ1) is 13.3. The number of aryl methyl sites for hydroxylation is 2. The molecule has 2 heterocycles. The minimum atomic E-state index is -0.410. The number of aromatic nitrogens is 3. The van der Waals surface area contributed by atoms with E-state index in [9.17, 15) is 4.79 Å². The van der Waals surface area contributed by atoms with E-state index in [1.807, 2.05) is 42.7 Å². The Morgan fingerprint density at radius 2 is 1.90 bits per heavy atom. The molecule has 0 fully saturated rings. The molecule has 3 aromatic rings. The summed E-state index contributed by atoms with van der Waals surface area (Å²) < 4.78 is 6.67. The number of imidazole rings is 1. The van der Waals surface area contributed by atoms with Crippen LogP contribution in [0.4, 0.5) is 0 Å². The number of nitrogens with zero attached hydrogens (tertiary/aromatic N) is 3. The molecule has 0 N–H and O–H groups in total. The van der Waals surface area contributed by atoms with Crippen LogP contribution in [0, 0.1) is 13.8 Å². The maximum atomic E-state index is 11.6. The zero-order valence-corrected chi connectivity index (χ0v) is 12.1. The van der Waals surface area contributed by atoms with Crippen molar-refractivity contribution in [3.8, 4) is 5.69 Å². The first-order valence-corrected chi connectivity index (χ1v) is 6.60. The van der Waals surface area contributed by atoms with E-state index < -0.39 is 5.97 Å². The molecule has 0 saturated carbocycles. The Balaban J connectivity index is 2.18. The standard InChI is InChI=1S/C16H15N3O2/c1-10-4-6-13(7-5-10)19-11(2)18-14-8-12(16(20)21-3)9-17-15(14)19/h4-9H,1-3H3. The third kappa shape index (κ3) is 2.27. The lowest BCUT2D eigenvalue weighted by molar-refractivity contribution is 0.0600. The van der Waals surface area contributed by atoms with Crippen LogP contribution in [0.1, 0.15) is 21.7 Å². The average Bonchev–Trinajstić information content (AvgIpc) is 2.82. The van der Waals surface area contributed by atoms with Gasteiger partial charge in [0.15, 0.2) is 5.65 Å². The number of carbonyl (C=O) groups is 1. The molecule has 1 aromatic carbocycles. The van der Waals surface area contributed by atoms with Gasteiger partial charge in [-0.2, -0.15) is 0 Å². The molecule has 21 heavy (non-hydrogen) atoms. The Labute approximate surface area is 122 Å². The van der Waals surface area contributed by atoms with Crippen LogP contribution >= 0.6 is 0 Å². The van der Waals surface area contributed by atoms with E-state index in [1.54, 1.807) is 6.07 Å². The van der Waals surface area contributed by atoms with Gasteiger partial charge in [0.25, 0.3) is 0 Å². The fourth-order valence-electron chi connectivity index (χ4n) is 2.31. The van der Waals surface area contributed by atoms with E-state index in [0.717, 1.165) is 17.2 Å². The van der Waals surface area contributed by atoms with Crippen molar-refractivity contribution in [2.75, 3.05) is 7.11 Å². The number of ether oxygens (including phenoxy) is 1. The summed E-state index contributed by atoms with van der Waals surface area (Å²) in [6.07, 6.45) is 1.51. The second-order valence-electron chi connectivity index (χ2n) is 4.89. The lowest BCUT2D eigenvalue weighted by Gasteiger charge is -2.06. The SMILES string of the molecule is COC(=O)c1cnc2c(c1)nc(C)n2-c1ccc(C)cc1. The van der Waals surface area contributed by atoms with Crippen molar-refractivity contribution in [1.82, 2.24) is 14.5 Å². The van der Waals surface area contributed by atoms with Gasteiger partial charge in [0.05, 0.1) is 12.7 Å². The van der Waals surface area contributed by atoms with Gasteiger partial charge in [0.1, 0.15) is 11.3 Å². The molecular formula is C16H15N3O2. The van der Waals surface area contributed by atoms with Gasteiger partial charge >= 0.3 is 5.97 Å². The summed E-state index contributed by atoms with van der Waals surface area (Å²) in [6, 6.07) is 9.84. The number of carbonyl (C=O) groups excluding carboxylic acids is 1. The molecule has 0 aliphatic rings. The van der Waals surface area contributed by atoms with Gasteiger partial charge in [-0.3, -0.25) is 4.57 Å². The molecule has 0 aliphatic heterocycles. The molecule has 3 rings (SSSR count). The molecule has 106 valence electrons. The highest BCUT2D eigenvalue weighted by Crippen LogP contribution is 2.21. The van der Waals surface area contributed by atoms with Crippen LogP contribution in [0.2, 0.25) is 0 Å². The molecule has 0 spiro atoms. The monoisotopic (exact) mass is 281 g/mol. The Hall–Kier alpha value is -2.69. The van der Waals surface area contributed by atoms with Crippen LogP contribution in [-0.2, 0) is 4.74 Å². The number of methoxy groups -OCH3 is 1. The molecule has 0 bridgehead atoms. The van der Waals surface area contributed by atoms with Crippen LogP contribution in [0.5, 0.6) is 0 Å². The highest BCUT2D eigenvalue weighted by atomic mass is 16.5. The Kier molecular flexibility index (Phi) is 3.17. The Bertz CT molecular complexity index is 819. The molecule has 0 aliphatic carbocycles. The van der Waals surface area contributed by atoms with E-state index in [1.165, 1.54) is 18.9 Å². The fourth-order valence-corrected chi connectivity index (χ4v) is 2.31. The predicted molar refractivity (Wildman–Crippen MR) is 79.7 cm³/mol. The number of fused-ring (bicyclic) bond motifs is 1. The molecule has 5 nitrogen and oxygen atoms in total. The minimum absolute atomic E-state index is 0.401. The summed E-state index contributed by atoms with van der Waals surface area (Å²) in [5.41, 5.74) is 4.00. The first-order chi connectivity index (χ1) is 10.1. The second kappa shape index (κ2) is 5.01. The number of esters is 1. The topological polar surface area (TPSA) is 57.0 Å². The summed E-state index contributed by atoms with van der Waals surface area (Å²) in [4.78, 5) is 20.4. The number of pyridine rings is 1. The molecule has 0 atom stereocenters. The Morgan fingerprint density at radius 3 is 2.57 bits per heavy atom. The highest BCUT2D eigenvalue weighted by molar-refractivity contribution is 5.92. The predicted octanol–water partition coefficient (Wildman–Crippen LogP) is 2.82. The normalized spacial score (nSPS) is 10.8. The quantitative estimate of drug-likeness (QED) is 0.678. The number of hydrogen-bond donors (Lipinski definition) is 0. The minimum Gasteiger partial charge on any atom is -0.465 e. The molecule has 0 radical (unpaired) electrons. The van der Waals surface area contributed by atoms with Crippen molar-refractivity contribution in [2.45, 2.75) is 13.8 Å². The Morgan fingerprint density at radius 1 is 1.19 bits per heavy atom. The van der Waals surface area contributed by atoms with E-state index in [-0.39, 0.29) is 0 Å². The maximum absolute atomic E-state index is 11.6. The maximum Gasteiger partial charge on any atom is 0.339 e. The number of benzene rings is 1. The van der Waals surface area contributed by atoms with Crippen molar-refractivity contribution in [2.24, 2.45) is 0 Å². The molecule has 5 heteroatoms. The molecule has 0 saturated heterocycles. The van der Waals surface area contributed by atoms with E-state index >= 15 is 0 Å². The van der Waals surface area contributed by atoms with Crippen LogP contribution in [-0.4, -0.2) is 27.6 Å². The van der Waals surface area contributed by atoms with Crippen molar-refractivity contribution in [1.29, 1.82) is 0 Å². The third-order valence-electron chi connectivity index (χ3n) is 3.38. The van der Waals surface area contributed by atoms with Crippen LogP contribution in [0.3, 0.4) is 0 Å². The van der Waals surface area contributed by atoms with Crippen LogP contribution < -0.4 is 0 Å². The largest absolute Gasteiger partial charge is 0.465 e. The summed E-state index contributed by atoms with van der Waals surface area (Å²) in [5.74, 6) is 0.412. The molecule has 0 unspecified atom stereocenters. The van der Waals surface area contributed by atoms with Gasteiger partial charge in [-0.25, -0.2) is 14.8 Å². The van der Waals surface area contributed by atoms with Crippen LogP contribution in [0.15, 0.2) is 36.5 Å². The van der Waals surface area contributed by atoms with Gasteiger partial charge in [0, 0.05) is 11.9 Å². The smallest absolute Gasteiger partial charge is 0.339 e. The van der Waals surface area contributed by atoms with Gasteiger partial charge in [-0.05, 0) is 32.0 Å². The average molecular weight is 281 g/mol. The van der Waals surface area contributed by atoms with Gasteiger partial charge in [-0.15, -0.1) is 0 Å².